The number of aryl methyl sites for hydroxylation is 2. The molecule has 0 radical (unpaired) electrons. The van der Waals surface area contributed by atoms with Crippen molar-refractivity contribution in [2.75, 3.05) is 10.8 Å². The van der Waals surface area contributed by atoms with Gasteiger partial charge in [0.25, 0.3) is 10.0 Å². The molecule has 0 bridgehead atoms. The minimum atomic E-state index is -4.14. The van der Waals surface area contributed by atoms with Crippen LogP contribution in [0, 0.1) is 13.8 Å². The largest absolute Gasteiger partial charge is 0.352 e. The van der Waals surface area contributed by atoms with Crippen molar-refractivity contribution >= 4 is 39.1 Å². The summed E-state index contributed by atoms with van der Waals surface area (Å²) in [5, 5.41) is 3.34. The van der Waals surface area contributed by atoms with Gasteiger partial charge in [-0.15, -0.1) is 0 Å². The summed E-state index contributed by atoms with van der Waals surface area (Å²) in [4.78, 5) is 28.5. The average molecular weight is 570 g/mol. The van der Waals surface area contributed by atoms with Gasteiger partial charge in [0.1, 0.15) is 12.6 Å². The number of carbonyl (C=O) groups is 2. The lowest BCUT2D eigenvalue weighted by Gasteiger charge is -2.32. The number of nitrogens with one attached hydrogen (secondary N) is 1. The minimum absolute atomic E-state index is 0.00768. The maximum atomic E-state index is 14.0. The quantitative estimate of drug-likeness (QED) is 0.331. The lowest BCUT2D eigenvalue weighted by atomic mass is 10.1. The van der Waals surface area contributed by atoms with E-state index in [9.17, 15) is 18.0 Å². The van der Waals surface area contributed by atoms with Crippen molar-refractivity contribution in [1.82, 2.24) is 10.2 Å². The number of rotatable bonds is 11. The van der Waals surface area contributed by atoms with Crippen molar-refractivity contribution in [3.05, 3.63) is 94.5 Å². The second kappa shape index (κ2) is 13.1. The first kappa shape index (κ1) is 30.2. The normalized spacial score (nSPS) is 12.9. The Morgan fingerprint density at radius 2 is 1.54 bits per heavy atom. The fraction of sp³-hybridized carbons (Fsp3) is 0.333. The average Bonchev–Trinajstić information content (AvgIpc) is 2.91. The Balaban J connectivity index is 2.03. The molecule has 39 heavy (non-hydrogen) atoms. The fourth-order valence-electron chi connectivity index (χ4n) is 3.99. The molecule has 3 rings (SSSR count). The predicted octanol–water partition coefficient (Wildman–Crippen LogP) is 5.48. The van der Waals surface area contributed by atoms with Gasteiger partial charge in [-0.1, -0.05) is 60.5 Å². The van der Waals surface area contributed by atoms with Crippen molar-refractivity contribution in [3.8, 4) is 0 Å². The minimum Gasteiger partial charge on any atom is -0.352 e. The van der Waals surface area contributed by atoms with E-state index >= 15 is 0 Å². The van der Waals surface area contributed by atoms with Crippen molar-refractivity contribution in [1.29, 1.82) is 0 Å². The summed E-state index contributed by atoms with van der Waals surface area (Å²) in [7, 11) is -4.14. The molecule has 3 aromatic rings. The molecule has 0 saturated heterocycles. The maximum absolute atomic E-state index is 14.0. The van der Waals surface area contributed by atoms with Crippen LogP contribution in [-0.2, 0) is 26.2 Å². The van der Waals surface area contributed by atoms with Gasteiger partial charge in [-0.05, 0) is 81.6 Å². The molecule has 0 aromatic heterocycles. The number of carbonyl (C=O) groups excluding carboxylic acids is 2. The Bertz CT molecular complexity index is 1390. The van der Waals surface area contributed by atoms with E-state index in [-0.39, 0.29) is 23.4 Å². The lowest BCUT2D eigenvalue weighted by Crippen LogP contribution is -2.52. The standard InChI is InChI=1S/C30H36ClN3O4S/c1-6-23(4)32-30(36)24(5)33(19-25-10-8-7-9-22(25)3)29(35)20-34(27-15-11-21(2)12-16-27)39(37,38)28-17-13-26(31)14-18-28/h7-18,23-24H,6,19-20H2,1-5H3,(H,32,36)/t23-,24-/m1/s1. The molecule has 0 aliphatic rings. The Kier molecular flexibility index (Phi) is 10.2. The summed E-state index contributed by atoms with van der Waals surface area (Å²) < 4.78 is 28.7. The zero-order valence-corrected chi connectivity index (χ0v) is 24.6. The highest BCUT2D eigenvalue weighted by Gasteiger charge is 2.33. The highest BCUT2D eigenvalue weighted by Crippen LogP contribution is 2.26. The molecule has 0 heterocycles. The van der Waals surface area contributed by atoms with Crippen molar-refractivity contribution < 1.29 is 18.0 Å². The van der Waals surface area contributed by atoms with Crippen LogP contribution in [-0.4, -0.2) is 43.8 Å². The molecular weight excluding hydrogens is 534 g/mol. The van der Waals surface area contributed by atoms with Crippen LogP contribution in [0.2, 0.25) is 5.02 Å². The van der Waals surface area contributed by atoms with E-state index < -0.39 is 28.5 Å². The summed E-state index contributed by atoms with van der Waals surface area (Å²) in [5.74, 6) is -0.795. The molecule has 0 spiro atoms. The molecule has 0 aliphatic carbocycles. The molecule has 3 aromatic carbocycles. The van der Waals surface area contributed by atoms with Gasteiger partial charge >= 0.3 is 0 Å². The number of amides is 2. The Morgan fingerprint density at radius 3 is 2.13 bits per heavy atom. The fourth-order valence-corrected chi connectivity index (χ4v) is 5.53. The molecule has 0 aliphatic heterocycles. The van der Waals surface area contributed by atoms with Gasteiger partial charge in [-0.2, -0.15) is 0 Å². The number of nitrogens with zero attached hydrogens (tertiary/aromatic N) is 2. The van der Waals surface area contributed by atoms with E-state index in [2.05, 4.69) is 5.32 Å². The van der Waals surface area contributed by atoms with E-state index in [1.165, 1.54) is 29.2 Å². The van der Waals surface area contributed by atoms with Gasteiger partial charge in [0.2, 0.25) is 11.8 Å². The van der Waals surface area contributed by atoms with E-state index in [4.69, 9.17) is 11.6 Å². The third-order valence-corrected chi connectivity index (χ3v) is 8.81. The van der Waals surface area contributed by atoms with Crippen molar-refractivity contribution in [2.24, 2.45) is 0 Å². The molecule has 9 heteroatoms. The van der Waals surface area contributed by atoms with Crippen LogP contribution >= 0.6 is 11.6 Å². The monoisotopic (exact) mass is 569 g/mol. The maximum Gasteiger partial charge on any atom is 0.264 e. The lowest BCUT2D eigenvalue weighted by molar-refractivity contribution is -0.139. The van der Waals surface area contributed by atoms with Gasteiger partial charge in [-0.3, -0.25) is 13.9 Å². The van der Waals surface area contributed by atoms with Crippen LogP contribution in [0.3, 0.4) is 0 Å². The van der Waals surface area contributed by atoms with Crippen LogP contribution in [0.1, 0.15) is 43.9 Å². The third kappa shape index (κ3) is 7.61. The van der Waals surface area contributed by atoms with E-state index in [0.29, 0.717) is 10.7 Å². The van der Waals surface area contributed by atoms with Crippen LogP contribution in [0.25, 0.3) is 0 Å². The summed E-state index contributed by atoms with van der Waals surface area (Å²) in [6.45, 7) is 9.03. The first-order chi connectivity index (χ1) is 18.4. The highest BCUT2D eigenvalue weighted by atomic mass is 35.5. The number of sulfonamides is 1. The molecule has 2 amide bonds. The van der Waals surface area contributed by atoms with Gasteiger partial charge in [0, 0.05) is 17.6 Å². The molecule has 1 N–H and O–H groups in total. The molecule has 7 nitrogen and oxygen atoms in total. The Morgan fingerprint density at radius 1 is 0.923 bits per heavy atom. The van der Waals surface area contributed by atoms with Crippen LogP contribution < -0.4 is 9.62 Å². The van der Waals surface area contributed by atoms with Crippen molar-refractivity contribution in [3.63, 3.8) is 0 Å². The zero-order chi connectivity index (χ0) is 28.7. The van der Waals surface area contributed by atoms with Crippen LogP contribution in [0.5, 0.6) is 0 Å². The van der Waals surface area contributed by atoms with Gasteiger partial charge < -0.3 is 10.2 Å². The summed E-state index contributed by atoms with van der Waals surface area (Å²) in [6, 6.07) is 19.5. The number of benzene rings is 3. The Labute approximate surface area is 236 Å². The molecule has 0 fully saturated rings. The highest BCUT2D eigenvalue weighted by molar-refractivity contribution is 7.92. The van der Waals surface area contributed by atoms with Gasteiger partial charge in [0.05, 0.1) is 10.6 Å². The van der Waals surface area contributed by atoms with E-state index in [1.54, 1.807) is 31.2 Å². The first-order valence-electron chi connectivity index (χ1n) is 12.9. The van der Waals surface area contributed by atoms with E-state index in [1.807, 2.05) is 52.0 Å². The number of anilines is 1. The first-order valence-corrected chi connectivity index (χ1v) is 14.7. The molecule has 2 atom stereocenters. The third-order valence-electron chi connectivity index (χ3n) is 6.77. The van der Waals surface area contributed by atoms with Gasteiger partial charge in [-0.25, -0.2) is 8.42 Å². The second-order valence-corrected chi connectivity index (χ2v) is 12.0. The number of hydrogen-bond acceptors (Lipinski definition) is 4. The zero-order valence-electron chi connectivity index (χ0n) is 23.0. The van der Waals surface area contributed by atoms with E-state index in [0.717, 1.165) is 27.4 Å². The molecule has 0 saturated carbocycles. The van der Waals surface area contributed by atoms with Crippen molar-refractivity contribution in [2.45, 2.75) is 64.6 Å². The number of hydrogen-bond donors (Lipinski definition) is 1. The second-order valence-electron chi connectivity index (χ2n) is 9.74. The summed E-state index contributed by atoms with van der Waals surface area (Å²) >= 11 is 6.00. The van der Waals surface area contributed by atoms with Crippen LogP contribution in [0.15, 0.2) is 77.7 Å². The molecular formula is C30H36ClN3O4S. The topological polar surface area (TPSA) is 86.8 Å². The molecule has 0 unspecified atom stereocenters. The van der Waals surface area contributed by atoms with Gasteiger partial charge in [0.15, 0.2) is 0 Å². The number of halogens is 1. The summed E-state index contributed by atoms with van der Waals surface area (Å²) in [5.41, 5.74) is 3.13. The molecule has 208 valence electrons. The van der Waals surface area contributed by atoms with Crippen LogP contribution in [0.4, 0.5) is 5.69 Å². The Hall–Kier alpha value is -3.36. The smallest absolute Gasteiger partial charge is 0.264 e. The SMILES string of the molecule is CC[C@@H](C)NC(=O)[C@@H](C)N(Cc1ccccc1C)C(=O)CN(c1ccc(C)cc1)S(=O)(=O)c1ccc(Cl)cc1. The summed E-state index contributed by atoms with van der Waals surface area (Å²) in [6.07, 6.45) is 0.741. The predicted molar refractivity (Wildman–Crippen MR) is 156 cm³/mol.